The van der Waals surface area contributed by atoms with Crippen LogP contribution < -0.4 is 5.73 Å². The summed E-state index contributed by atoms with van der Waals surface area (Å²) in [6, 6.07) is 4.81. The van der Waals surface area contributed by atoms with E-state index in [4.69, 9.17) is 10.8 Å². The Morgan fingerprint density at radius 3 is 1.85 bits per heavy atom. The molecule has 1 aromatic carbocycles. The fourth-order valence-corrected chi connectivity index (χ4v) is 4.74. The van der Waals surface area contributed by atoms with Crippen LogP contribution in [0.3, 0.4) is 0 Å². The minimum absolute atomic E-state index is 0.165. The minimum atomic E-state index is -4.11. The Bertz CT molecular complexity index is 719. The van der Waals surface area contributed by atoms with Crippen molar-refractivity contribution in [2.45, 2.75) is 116 Å². The Morgan fingerprint density at radius 1 is 0.848 bits per heavy atom. The van der Waals surface area contributed by atoms with Crippen molar-refractivity contribution in [1.29, 1.82) is 0 Å². The fraction of sp³-hybridized carbons (Fsp3) is 0.731. The van der Waals surface area contributed by atoms with E-state index in [1.807, 2.05) is 18.2 Å². The van der Waals surface area contributed by atoms with Gasteiger partial charge in [0.2, 0.25) is 0 Å². The number of carbonyl (C=O) groups is 1. The second-order valence-corrected chi connectivity index (χ2v) is 11.2. The Balaban J connectivity index is 2.34. The summed E-state index contributed by atoms with van der Waals surface area (Å²) in [4.78, 5) is 29.5. The van der Waals surface area contributed by atoms with Crippen LogP contribution in [0.1, 0.15) is 107 Å². The molecule has 0 radical (unpaired) electrons. The molecular weight excluding hydrogens is 437 g/mol. The lowest BCUT2D eigenvalue weighted by atomic mass is 9.94. The molecule has 0 aromatic heterocycles. The highest BCUT2D eigenvalue weighted by Crippen LogP contribution is 2.35. The van der Waals surface area contributed by atoms with Gasteiger partial charge in [-0.2, -0.15) is 0 Å². The highest BCUT2D eigenvalue weighted by Gasteiger charge is 2.18. The first-order valence-electron chi connectivity index (χ1n) is 12.9. The van der Waals surface area contributed by atoms with Crippen molar-refractivity contribution in [3.63, 3.8) is 0 Å². The van der Waals surface area contributed by atoms with Gasteiger partial charge in [-0.15, -0.1) is 0 Å². The van der Waals surface area contributed by atoms with Crippen molar-refractivity contribution >= 4 is 13.6 Å². The number of aliphatic carboxylic acids is 1. The number of carboxylic acids is 1. The largest absolute Gasteiger partial charge is 0.480 e. The quantitative estimate of drug-likeness (QED) is 0.133. The van der Waals surface area contributed by atoms with E-state index in [0.29, 0.717) is 0 Å². The molecule has 1 rings (SSSR count). The lowest BCUT2D eigenvalue weighted by Crippen LogP contribution is -2.32. The number of carboxylic acid groups (broad SMARTS) is 1. The van der Waals surface area contributed by atoms with Crippen LogP contribution in [0.2, 0.25) is 0 Å². The molecule has 1 aromatic rings. The summed E-state index contributed by atoms with van der Waals surface area (Å²) in [5, 5.41) is 9.15. The van der Waals surface area contributed by atoms with Crippen LogP contribution in [0.25, 0.3) is 0 Å². The third kappa shape index (κ3) is 15.3. The van der Waals surface area contributed by atoms with Gasteiger partial charge in [0.15, 0.2) is 0 Å². The Kier molecular flexibility index (Phi) is 15.6. The Hall–Kier alpha value is -1.20. The lowest BCUT2D eigenvalue weighted by molar-refractivity contribution is -0.138. The molecule has 7 heteroatoms. The van der Waals surface area contributed by atoms with Crippen LogP contribution in [0.15, 0.2) is 18.2 Å². The van der Waals surface area contributed by atoms with Gasteiger partial charge in [0, 0.05) is 0 Å². The molecule has 0 bridgehead atoms. The number of rotatable bonds is 20. The van der Waals surface area contributed by atoms with Gasteiger partial charge >= 0.3 is 13.6 Å². The molecule has 0 heterocycles. The van der Waals surface area contributed by atoms with Crippen LogP contribution in [0.4, 0.5) is 0 Å². The highest BCUT2D eigenvalue weighted by molar-refractivity contribution is 7.51. The molecule has 5 N–H and O–H groups in total. The number of nitrogens with two attached hydrogens (primary N) is 1. The summed E-state index contributed by atoms with van der Waals surface area (Å²) >= 11 is 0. The summed E-state index contributed by atoms with van der Waals surface area (Å²) in [6.45, 7) is 2.25. The molecule has 0 saturated carbocycles. The van der Waals surface area contributed by atoms with E-state index in [2.05, 4.69) is 6.92 Å². The first-order chi connectivity index (χ1) is 15.7. The SMILES string of the molecule is CCCCCCCCCCCCCCCc1ccc(CCP(=O)(O)O)c(CC(N)C(=O)O)c1. The van der Waals surface area contributed by atoms with Gasteiger partial charge in [-0.25, -0.2) is 0 Å². The molecule has 0 spiro atoms. The molecule has 0 aliphatic carbocycles. The van der Waals surface area contributed by atoms with E-state index in [0.717, 1.165) is 29.5 Å². The van der Waals surface area contributed by atoms with Gasteiger partial charge in [0.1, 0.15) is 6.04 Å². The van der Waals surface area contributed by atoms with E-state index in [1.54, 1.807) is 0 Å². The van der Waals surface area contributed by atoms with Gasteiger partial charge in [0.05, 0.1) is 6.16 Å². The summed E-state index contributed by atoms with van der Waals surface area (Å²) in [7, 11) is -4.11. The third-order valence-electron chi connectivity index (χ3n) is 6.27. The van der Waals surface area contributed by atoms with Crippen LogP contribution in [0, 0.1) is 0 Å². The van der Waals surface area contributed by atoms with Crippen molar-refractivity contribution in [3.8, 4) is 0 Å². The average molecular weight is 484 g/mol. The zero-order valence-corrected chi connectivity index (χ0v) is 21.4. The topological polar surface area (TPSA) is 121 Å². The number of benzene rings is 1. The van der Waals surface area contributed by atoms with Gasteiger partial charge in [0.25, 0.3) is 0 Å². The summed E-state index contributed by atoms with van der Waals surface area (Å²) < 4.78 is 11.2. The maximum atomic E-state index is 11.2. The molecule has 0 aliphatic heterocycles. The van der Waals surface area contributed by atoms with Crippen molar-refractivity contribution < 1.29 is 24.3 Å². The average Bonchev–Trinajstić information content (AvgIpc) is 2.75. The van der Waals surface area contributed by atoms with E-state index >= 15 is 0 Å². The molecule has 190 valence electrons. The summed E-state index contributed by atoms with van der Waals surface area (Å²) in [6.07, 6.45) is 18.1. The van der Waals surface area contributed by atoms with E-state index < -0.39 is 19.6 Å². The first-order valence-corrected chi connectivity index (χ1v) is 14.7. The maximum Gasteiger partial charge on any atom is 0.325 e. The highest BCUT2D eigenvalue weighted by atomic mass is 31.2. The smallest absolute Gasteiger partial charge is 0.325 e. The predicted octanol–water partition coefficient (Wildman–Crippen LogP) is 5.99. The van der Waals surface area contributed by atoms with Crippen LogP contribution in [-0.2, 0) is 28.6 Å². The van der Waals surface area contributed by atoms with Gasteiger partial charge in [-0.05, 0) is 42.4 Å². The molecule has 33 heavy (non-hydrogen) atoms. The first kappa shape index (κ1) is 29.8. The van der Waals surface area contributed by atoms with E-state index in [-0.39, 0.29) is 19.0 Å². The summed E-state index contributed by atoms with van der Waals surface area (Å²) in [5.74, 6) is -1.07. The number of hydrogen-bond acceptors (Lipinski definition) is 3. The molecule has 0 aliphatic rings. The molecule has 0 fully saturated rings. The zero-order chi connectivity index (χ0) is 24.5. The second-order valence-electron chi connectivity index (χ2n) is 9.38. The monoisotopic (exact) mass is 483 g/mol. The Labute approximate surface area is 200 Å². The van der Waals surface area contributed by atoms with Crippen LogP contribution >= 0.6 is 7.60 Å². The van der Waals surface area contributed by atoms with Crippen LogP contribution in [-0.4, -0.2) is 33.1 Å². The number of unbranched alkanes of at least 4 members (excludes halogenated alkanes) is 12. The minimum Gasteiger partial charge on any atom is -0.480 e. The van der Waals surface area contributed by atoms with Gasteiger partial charge < -0.3 is 20.6 Å². The third-order valence-corrected chi connectivity index (χ3v) is 7.08. The zero-order valence-electron chi connectivity index (χ0n) is 20.5. The fourth-order valence-electron chi connectivity index (χ4n) is 4.21. The molecule has 6 nitrogen and oxygen atoms in total. The molecule has 0 saturated heterocycles. The molecule has 1 unspecified atom stereocenters. The van der Waals surface area contributed by atoms with Crippen molar-refractivity contribution in [3.05, 3.63) is 34.9 Å². The predicted molar refractivity (Wildman–Crippen MR) is 136 cm³/mol. The Morgan fingerprint density at radius 2 is 1.36 bits per heavy atom. The lowest BCUT2D eigenvalue weighted by Gasteiger charge is -2.15. The standard InChI is InChI=1S/C26H46NO5P/c1-2-3-4-5-6-7-8-9-10-11-12-13-14-15-22-16-17-23(18-19-33(30,31)32)24(20-22)21-25(27)26(28)29/h16-17,20,25H,2-15,18-19,21,27H2,1H3,(H,28,29)(H2,30,31,32). The number of hydrogen-bond donors (Lipinski definition) is 4. The second kappa shape index (κ2) is 17.3. The van der Waals surface area contributed by atoms with E-state index in [1.165, 1.54) is 77.0 Å². The summed E-state index contributed by atoms with van der Waals surface area (Å²) in [5.41, 5.74) is 8.40. The maximum absolute atomic E-state index is 11.2. The number of aryl methyl sites for hydroxylation is 2. The van der Waals surface area contributed by atoms with Crippen molar-refractivity contribution in [2.24, 2.45) is 5.73 Å². The van der Waals surface area contributed by atoms with E-state index in [9.17, 15) is 19.1 Å². The normalized spacial score (nSPS) is 12.7. The molecule has 0 amide bonds. The molecule has 1 atom stereocenters. The molecular formula is C26H46NO5P. The van der Waals surface area contributed by atoms with Gasteiger partial charge in [-0.1, -0.05) is 102 Å². The van der Waals surface area contributed by atoms with Crippen molar-refractivity contribution in [1.82, 2.24) is 0 Å². The van der Waals surface area contributed by atoms with Gasteiger partial charge in [-0.3, -0.25) is 9.36 Å². The van der Waals surface area contributed by atoms with Crippen LogP contribution in [0.5, 0.6) is 0 Å². The van der Waals surface area contributed by atoms with Crippen molar-refractivity contribution in [2.75, 3.05) is 6.16 Å².